The summed E-state index contributed by atoms with van der Waals surface area (Å²) in [6.07, 6.45) is 0. The number of nitrogens with zero attached hydrogens (tertiary/aromatic N) is 2. The van der Waals surface area contributed by atoms with E-state index in [0.717, 1.165) is 21.5 Å². The summed E-state index contributed by atoms with van der Waals surface area (Å²) in [4.78, 5) is 19.5. The molecule has 0 fully saturated rings. The maximum atomic E-state index is 12.6. The first-order valence-corrected chi connectivity index (χ1v) is 7.65. The van der Waals surface area contributed by atoms with E-state index in [9.17, 15) is 4.79 Å². The molecule has 0 aliphatic carbocycles. The zero-order valence-electron chi connectivity index (χ0n) is 12.7. The van der Waals surface area contributed by atoms with Crippen LogP contribution in [0.25, 0.3) is 10.1 Å². The second-order valence-corrected chi connectivity index (χ2v) is 6.30. The standard InChI is InChI=1S/C15H21N3OS/c1-6-18(8(2)3)15(19)14-13(16)12-10(5)17-9(4)7-11(12)20-14/h7-8H,6,16H2,1-5H3. The average Bonchev–Trinajstić information content (AvgIpc) is 2.66. The van der Waals surface area contributed by atoms with Gasteiger partial charge in [0.1, 0.15) is 4.88 Å². The van der Waals surface area contributed by atoms with Gasteiger partial charge in [-0.2, -0.15) is 0 Å². The summed E-state index contributed by atoms with van der Waals surface area (Å²) in [5.41, 5.74) is 8.61. The van der Waals surface area contributed by atoms with Crippen LogP contribution in [0.15, 0.2) is 6.07 Å². The molecular formula is C15H21N3OS. The van der Waals surface area contributed by atoms with Crippen LogP contribution >= 0.6 is 11.3 Å². The van der Waals surface area contributed by atoms with Crippen molar-refractivity contribution in [1.29, 1.82) is 0 Å². The molecule has 0 atom stereocenters. The number of aromatic nitrogens is 1. The van der Waals surface area contributed by atoms with Gasteiger partial charge in [-0.3, -0.25) is 9.78 Å². The van der Waals surface area contributed by atoms with Gasteiger partial charge in [0.2, 0.25) is 0 Å². The van der Waals surface area contributed by atoms with Crippen molar-refractivity contribution in [3.05, 3.63) is 22.3 Å². The molecule has 0 aromatic carbocycles. The lowest BCUT2D eigenvalue weighted by molar-refractivity contribution is 0.0723. The highest BCUT2D eigenvalue weighted by Crippen LogP contribution is 2.36. The molecule has 108 valence electrons. The Balaban J connectivity index is 2.59. The third-order valence-electron chi connectivity index (χ3n) is 3.44. The van der Waals surface area contributed by atoms with Gasteiger partial charge in [-0.25, -0.2) is 0 Å². The Hall–Kier alpha value is -1.62. The van der Waals surface area contributed by atoms with Crippen molar-refractivity contribution in [2.45, 2.75) is 40.7 Å². The topological polar surface area (TPSA) is 59.2 Å². The minimum atomic E-state index is 0.0123. The molecule has 0 bridgehead atoms. The third kappa shape index (κ3) is 2.38. The van der Waals surface area contributed by atoms with Crippen LogP contribution in [0.3, 0.4) is 0 Å². The highest BCUT2D eigenvalue weighted by Gasteiger charge is 2.23. The van der Waals surface area contributed by atoms with E-state index >= 15 is 0 Å². The van der Waals surface area contributed by atoms with Gasteiger partial charge in [0, 0.05) is 34.1 Å². The molecule has 4 nitrogen and oxygen atoms in total. The fourth-order valence-corrected chi connectivity index (χ4v) is 3.74. The van der Waals surface area contributed by atoms with Gasteiger partial charge in [-0.1, -0.05) is 0 Å². The van der Waals surface area contributed by atoms with Crippen LogP contribution in [0.2, 0.25) is 0 Å². The van der Waals surface area contributed by atoms with Crippen LogP contribution in [0, 0.1) is 13.8 Å². The van der Waals surface area contributed by atoms with Crippen LogP contribution in [-0.2, 0) is 0 Å². The summed E-state index contributed by atoms with van der Waals surface area (Å²) in [6, 6.07) is 2.16. The Kier molecular flexibility index (Phi) is 3.99. The van der Waals surface area contributed by atoms with Gasteiger partial charge in [0.25, 0.3) is 5.91 Å². The van der Waals surface area contributed by atoms with Crippen LogP contribution < -0.4 is 5.73 Å². The van der Waals surface area contributed by atoms with E-state index in [0.29, 0.717) is 17.1 Å². The second-order valence-electron chi connectivity index (χ2n) is 5.25. The Morgan fingerprint density at radius 1 is 1.45 bits per heavy atom. The number of pyridine rings is 1. The summed E-state index contributed by atoms with van der Waals surface area (Å²) < 4.78 is 1.04. The van der Waals surface area contributed by atoms with Crippen LogP contribution in [0.1, 0.15) is 41.8 Å². The molecule has 0 saturated carbocycles. The maximum Gasteiger partial charge on any atom is 0.266 e. The van der Waals surface area contributed by atoms with Gasteiger partial charge in [0.15, 0.2) is 0 Å². The molecular weight excluding hydrogens is 270 g/mol. The molecule has 20 heavy (non-hydrogen) atoms. The summed E-state index contributed by atoms with van der Waals surface area (Å²) in [5, 5.41) is 0.920. The van der Waals surface area contributed by atoms with Crippen molar-refractivity contribution < 1.29 is 4.79 Å². The molecule has 0 saturated heterocycles. The highest BCUT2D eigenvalue weighted by atomic mass is 32.1. The number of anilines is 1. The molecule has 2 N–H and O–H groups in total. The van der Waals surface area contributed by atoms with E-state index in [4.69, 9.17) is 5.73 Å². The summed E-state index contributed by atoms with van der Waals surface area (Å²) in [6.45, 7) is 10.6. The van der Waals surface area contributed by atoms with Gasteiger partial charge < -0.3 is 10.6 Å². The number of carbonyl (C=O) groups excluding carboxylic acids is 1. The van der Waals surface area contributed by atoms with Crippen molar-refractivity contribution in [1.82, 2.24) is 9.88 Å². The lowest BCUT2D eigenvalue weighted by Gasteiger charge is -2.24. The summed E-state index contributed by atoms with van der Waals surface area (Å²) >= 11 is 1.47. The van der Waals surface area contributed by atoms with Gasteiger partial charge in [0.05, 0.1) is 5.69 Å². The Bertz CT molecular complexity index is 661. The first-order chi connectivity index (χ1) is 9.36. The lowest BCUT2D eigenvalue weighted by Crippen LogP contribution is -2.36. The zero-order valence-corrected chi connectivity index (χ0v) is 13.5. The molecule has 2 rings (SSSR count). The molecule has 0 aliphatic heterocycles. The number of nitrogens with two attached hydrogens (primary N) is 1. The smallest absolute Gasteiger partial charge is 0.266 e. The molecule has 0 unspecified atom stereocenters. The van der Waals surface area contributed by atoms with Crippen LogP contribution in [0.4, 0.5) is 5.69 Å². The Morgan fingerprint density at radius 3 is 2.65 bits per heavy atom. The molecule has 0 aliphatic rings. The van der Waals surface area contributed by atoms with Crippen molar-refractivity contribution in [3.63, 3.8) is 0 Å². The maximum absolute atomic E-state index is 12.6. The van der Waals surface area contributed by atoms with E-state index in [1.54, 1.807) is 0 Å². The number of hydrogen-bond donors (Lipinski definition) is 1. The highest BCUT2D eigenvalue weighted by molar-refractivity contribution is 7.21. The fourth-order valence-electron chi connectivity index (χ4n) is 2.51. The van der Waals surface area contributed by atoms with E-state index in [1.807, 2.05) is 45.6 Å². The van der Waals surface area contributed by atoms with Crippen LogP contribution in [0.5, 0.6) is 0 Å². The number of rotatable bonds is 3. The first-order valence-electron chi connectivity index (χ1n) is 6.84. The lowest BCUT2D eigenvalue weighted by atomic mass is 10.2. The molecule has 5 heteroatoms. The molecule has 0 spiro atoms. The van der Waals surface area contributed by atoms with Crippen molar-refractivity contribution in [3.8, 4) is 0 Å². The third-order valence-corrected chi connectivity index (χ3v) is 4.58. The molecule has 2 heterocycles. The average molecular weight is 291 g/mol. The Labute approximate surface area is 123 Å². The SMILES string of the molecule is CCN(C(=O)c1sc2cc(C)nc(C)c2c1N)C(C)C. The number of amides is 1. The number of fused-ring (bicyclic) bond motifs is 1. The minimum absolute atomic E-state index is 0.0123. The van der Waals surface area contributed by atoms with E-state index in [1.165, 1.54) is 11.3 Å². The summed E-state index contributed by atoms with van der Waals surface area (Å²) in [7, 11) is 0. The predicted octanol–water partition coefficient (Wildman–Crippen LogP) is 3.37. The van der Waals surface area contributed by atoms with E-state index < -0.39 is 0 Å². The van der Waals surface area contributed by atoms with Crippen molar-refractivity contribution >= 4 is 33.0 Å². The van der Waals surface area contributed by atoms with Crippen molar-refractivity contribution in [2.24, 2.45) is 0 Å². The van der Waals surface area contributed by atoms with Gasteiger partial charge in [-0.15, -0.1) is 11.3 Å². The minimum Gasteiger partial charge on any atom is -0.397 e. The molecule has 0 radical (unpaired) electrons. The monoisotopic (exact) mass is 291 g/mol. The predicted molar refractivity (Wildman–Crippen MR) is 85.4 cm³/mol. The molecule has 2 aromatic heterocycles. The fraction of sp³-hybridized carbons (Fsp3) is 0.467. The number of thiophene rings is 1. The normalized spacial score (nSPS) is 11.3. The Morgan fingerprint density at radius 2 is 2.10 bits per heavy atom. The van der Waals surface area contributed by atoms with Gasteiger partial charge in [-0.05, 0) is 40.7 Å². The zero-order chi connectivity index (χ0) is 15.0. The largest absolute Gasteiger partial charge is 0.397 e. The van der Waals surface area contributed by atoms with Crippen molar-refractivity contribution in [2.75, 3.05) is 12.3 Å². The number of aryl methyl sites for hydroxylation is 2. The van der Waals surface area contributed by atoms with Crippen LogP contribution in [-0.4, -0.2) is 28.4 Å². The molecule has 1 amide bonds. The summed E-state index contributed by atoms with van der Waals surface area (Å²) in [5.74, 6) is 0.0123. The second kappa shape index (κ2) is 5.40. The van der Waals surface area contributed by atoms with E-state index in [2.05, 4.69) is 4.98 Å². The molecule has 2 aromatic rings. The van der Waals surface area contributed by atoms with Gasteiger partial charge >= 0.3 is 0 Å². The van der Waals surface area contributed by atoms with E-state index in [-0.39, 0.29) is 11.9 Å². The quantitative estimate of drug-likeness (QED) is 0.943. The number of hydrogen-bond acceptors (Lipinski definition) is 4. The first kappa shape index (κ1) is 14.8. The number of nitrogen functional groups attached to an aromatic ring is 1. The number of carbonyl (C=O) groups is 1.